The molecule has 0 radical (unpaired) electrons. The molecular formula is C18H20. The van der Waals surface area contributed by atoms with E-state index in [4.69, 9.17) is 0 Å². The van der Waals surface area contributed by atoms with Crippen LogP contribution in [0.2, 0.25) is 0 Å². The Kier molecular flexibility index (Phi) is 2.43. The second-order valence-corrected chi connectivity index (χ2v) is 6.02. The Morgan fingerprint density at radius 1 is 1.00 bits per heavy atom. The molecule has 3 atom stereocenters. The number of rotatable bonds is 0. The summed E-state index contributed by atoms with van der Waals surface area (Å²) in [6.45, 7) is 0. The molecule has 3 unspecified atom stereocenters. The van der Waals surface area contributed by atoms with E-state index in [9.17, 15) is 0 Å². The van der Waals surface area contributed by atoms with Gasteiger partial charge in [0.1, 0.15) is 0 Å². The molecule has 0 heterocycles. The van der Waals surface area contributed by atoms with Crippen molar-refractivity contribution in [1.82, 2.24) is 0 Å². The summed E-state index contributed by atoms with van der Waals surface area (Å²) >= 11 is 0. The third-order valence-corrected chi connectivity index (χ3v) is 5.15. The van der Waals surface area contributed by atoms with E-state index < -0.39 is 0 Å². The van der Waals surface area contributed by atoms with Crippen LogP contribution in [0.25, 0.3) is 0 Å². The SMILES string of the molecule is C1=CC=C2CC=CC3C2=C(C=C1)C1CCCCC31. The third-order valence-electron chi connectivity index (χ3n) is 5.15. The Hall–Kier alpha value is -1.30. The maximum atomic E-state index is 2.50. The molecule has 0 spiro atoms. The molecule has 4 aliphatic rings. The van der Waals surface area contributed by atoms with Crippen molar-refractivity contribution in [3.8, 4) is 0 Å². The van der Waals surface area contributed by atoms with E-state index in [1.54, 1.807) is 16.7 Å². The second-order valence-electron chi connectivity index (χ2n) is 6.02. The Bertz CT molecular complexity index is 510. The van der Waals surface area contributed by atoms with Crippen molar-refractivity contribution in [1.29, 1.82) is 0 Å². The van der Waals surface area contributed by atoms with E-state index in [2.05, 4.69) is 42.5 Å². The molecule has 0 amide bonds. The first-order valence-corrected chi connectivity index (χ1v) is 7.40. The summed E-state index contributed by atoms with van der Waals surface area (Å²) in [4.78, 5) is 0. The van der Waals surface area contributed by atoms with Crippen LogP contribution in [0.4, 0.5) is 0 Å². The van der Waals surface area contributed by atoms with Crippen molar-refractivity contribution in [2.45, 2.75) is 32.1 Å². The van der Waals surface area contributed by atoms with E-state index >= 15 is 0 Å². The van der Waals surface area contributed by atoms with Crippen molar-refractivity contribution in [3.05, 3.63) is 59.3 Å². The Morgan fingerprint density at radius 3 is 2.94 bits per heavy atom. The van der Waals surface area contributed by atoms with Gasteiger partial charge in [-0.05, 0) is 47.8 Å². The molecule has 4 rings (SSSR count). The normalized spacial score (nSPS) is 36.9. The van der Waals surface area contributed by atoms with E-state index in [0.29, 0.717) is 0 Å². The van der Waals surface area contributed by atoms with Gasteiger partial charge >= 0.3 is 0 Å². The van der Waals surface area contributed by atoms with Crippen LogP contribution >= 0.6 is 0 Å². The zero-order valence-corrected chi connectivity index (χ0v) is 10.8. The lowest BCUT2D eigenvalue weighted by atomic mass is 9.74. The first-order chi connectivity index (χ1) is 8.95. The number of hydrogen-bond acceptors (Lipinski definition) is 0. The number of fused-ring (bicyclic) bond motifs is 3. The topological polar surface area (TPSA) is 0 Å². The van der Waals surface area contributed by atoms with Crippen molar-refractivity contribution in [3.63, 3.8) is 0 Å². The van der Waals surface area contributed by atoms with E-state index in [1.165, 1.54) is 25.7 Å². The van der Waals surface area contributed by atoms with Gasteiger partial charge in [0.2, 0.25) is 0 Å². The van der Waals surface area contributed by atoms with Gasteiger partial charge in [0.25, 0.3) is 0 Å². The predicted octanol–water partition coefficient (Wildman–Crippen LogP) is 4.73. The monoisotopic (exact) mass is 236 g/mol. The third kappa shape index (κ3) is 1.44. The van der Waals surface area contributed by atoms with Crippen LogP contribution in [0.15, 0.2) is 59.3 Å². The van der Waals surface area contributed by atoms with Gasteiger partial charge in [-0.15, -0.1) is 0 Å². The summed E-state index contributed by atoms with van der Waals surface area (Å²) in [5.41, 5.74) is 4.94. The summed E-state index contributed by atoms with van der Waals surface area (Å²) < 4.78 is 0. The van der Waals surface area contributed by atoms with Crippen molar-refractivity contribution in [2.75, 3.05) is 0 Å². The predicted molar refractivity (Wildman–Crippen MR) is 76.1 cm³/mol. The fourth-order valence-corrected chi connectivity index (χ4v) is 4.44. The lowest BCUT2D eigenvalue weighted by Crippen LogP contribution is -2.21. The molecule has 0 saturated heterocycles. The zero-order chi connectivity index (χ0) is 11.9. The molecule has 0 aromatic heterocycles. The first kappa shape index (κ1) is 10.6. The van der Waals surface area contributed by atoms with Crippen LogP contribution in [-0.4, -0.2) is 0 Å². The fourth-order valence-electron chi connectivity index (χ4n) is 4.44. The highest BCUT2D eigenvalue weighted by atomic mass is 14.5. The molecule has 0 heteroatoms. The molecule has 0 aromatic rings. The largest absolute Gasteiger partial charge is 0.0835 e. The van der Waals surface area contributed by atoms with Crippen LogP contribution in [0.3, 0.4) is 0 Å². The van der Waals surface area contributed by atoms with Crippen LogP contribution in [-0.2, 0) is 0 Å². The minimum Gasteiger partial charge on any atom is -0.0835 e. The highest BCUT2D eigenvalue weighted by Crippen LogP contribution is 2.54. The van der Waals surface area contributed by atoms with Gasteiger partial charge in [0.05, 0.1) is 0 Å². The molecule has 1 saturated carbocycles. The highest BCUT2D eigenvalue weighted by Gasteiger charge is 2.42. The quantitative estimate of drug-likeness (QED) is 0.533. The molecule has 0 nitrogen and oxygen atoms in total. The van der Waals surface area contributed by atoms with Gasteiger partial charge in [-0.1, -0.05) is 55.4 Å². The average molecular weight is 236 g/mol. The minimum atomic E-state index is 0.724. The molecule has 0 aromatic carbocycles. The summed E-state index contributed by atoms with van der Waals surface area (Å²) in [5, 5.41) is 0. The van der Waals surface area contributed by atoms with Crippen LogP contribution in [0.1, 0.15) is 32.1 Å². The molecule has 18 heavy (non-hydrogen) atoms. The Morgan fingerprint density at radius 2 is 1.94 bits per heavy atom. The van der Waals surface area contributed by atoms with Crippen LogP contribution in [0.5, 0.6) is 0 Å². The van der Waals surface area contributed by atoms with Crippen molar-refractivity contribution < 1.29 is 0 Å². The Labute approximate surface area is 109 Å². The summed E-state index contributed by atoms with van der Waals surface area (Å²) in [5.74, 6) is 2.46. The van der Waals surface area contributed by atoms with E-state index in [1.807, 2.05) is 0 Å². The Balaban J connectivity index is 1.88. The van der Waals surface area contributed by atoms with Gasteiger partial charge in [0.15, 0.2) is 0 Å². The van der Waals surface area contributed by atoms with E-state index in [-0.39, 0.29) is 0 Å². The van der Waals surface area contributed by atoms with Gasteiger partial charge in [0, 0.05) is 5.92 Å². The maximum Gasteiger partial charge on any atom is 0.00578 e. The molecule has 92 valence electrons. The van der Waals surface area contributed by atoms with Gasteiger partial charge < -0.3 is 0 Å². The van der Waals surface area contributed by atoms with E-state index in [0.717, 1.165) is 24.2 Å². The maximum absolute atomic E-state index is 2.50. The molecular weight excluding hydrogens is 216 g/mol. The molecule has 4 aliphatic carbocycles. The first-order valence-electron chi connectivity index (χ1n) is 7.40. The average Bonchev–Trinajstić information content (AvgIpc) is 2.70. The summed E-state index contributed by atoms with van der Waals surface area (Å²) in [6.07, 6.45) is 23.1. The number of hydrogen-bond donors (Lipinski definition) is 0. The highest BCUT2D eigenvalue weighted by molar-refractivity contribution is 5.54. The smallest absolute Gasteiger partial charge is 0.00578 e. The van der Waals surface area contributed by atoms with Gasteiger partial charge in [-0.2, -0.15) is 0 Å². The summed E-state index contributed by atoms with van der Waals surface area (Å²) in [7, 11) is 0. The minimum absolute atomic E-state index is 0.724. The molecule has 1 fully saturated rings. The van der Waals surface area contributed by atoms with Gasteiger partial charge in [-0.3, -0.25) is 0 Å². The number of allylic oxidation sites excluding steroid dienone is 10. The molecule has 0 N–H and O–H groups in total. The lowest BCUT2D eigenvalue weighted by Gasteiger charge is -2.31. The second kappa shape index (κ2) is 4.12. The van der Waals surface area contributed by atoms with Crippen LogP contribution in [0, 0.1) is 17.8 Å². The molecule has 0 bridgehead atoms. The van der Waals surface area contributed by atoms with Crippen molar-refractivity contribution in [2.24, 2.45) is 17.8 Å². The summed E-state index contributed by atoms with van der Waals surface area (Å²) in [6, 6.07) is 0. The van der Waals surface area contributed by atoms with Crippen LogP contribution < -0.4 is 0 Å². The lowest BCUT2D eigenvalue weighted by molar-refractivity contribution is 0.262. The van der Waals surface area contributed by atoms with Crippen molar-refractivity contribution >= 4 is 0 Å². The molecule has 0 aliphatic heterocycles. The van der Waals surface area contributed by atoms with Gasteiger partial charge in [-0.25, -0.2) is 0 Å². The zero-order valence-electron chi connectivity index (χ0n) is 10.8. The standard InChI is InChI=1S/C18H20/c1-2-7-13-8-6-12-17-15-10-5-4-9-14(15)16(11-3-1)18(13)17/h1-3,6-7,11-12,14-15,17H,4-5,8-10H2. The fraction of sp³-hybridized carbons (Fsp3) is 0.444.